The van der Waals surface area contributed by atoms with Crippen molar-refractivity contribution in [2.45, 2.75) is 32.8 Å². The maximum Gasteiger partial charge on any atom is 0.407 e. The molecule has 0 aliphatic carbocycles. The first-order valence-corrected chi connectivity index (χ1v) is 9.65. The molecule has 0 aromatic heterocycles. The standard InChI is InChI=1S/C20H29FN4O4/c1-20(2,3)29-19(28)22-9-8-18(27)25-12-10-24(11-13-25)14-17(26)23-16-6-4-15(21)5-7-16/h4-7H,8-14H2,1-3H3,(H,22,28)(H,23,26). The number of hydrogen-bond donors (Lipinski definition) is 2. The van der Waals surface area contributed by atoms with Gasteiger partial charge >= 0.3 is 6.09 Å². The quantitative estimate of drug-likeness (QED) is 0.749. The van der Waals surface area contributed by atoms with Gasteiger partial charge in [0.2, 0.25) is 11.8 Å². The highest BCUT2D eigenvalue weighted by Crippen LogP contribution is 2.09. The van der Waals surface area contributed by atoms with Gasteiger partial charge in [-0.25, -0.2) is 9.18 Å². The Bertz CT molecular complexity index is 710. The van der Waals surface area contributed by atoms with Crippen LogP contribution >= 0.6 is 0 Å². The fourth-order valence-corrected chi connectivity index (χ4v) is 2.84. The number of carbonyl (C=O) groups is 3. The highest BCUT2D eigenvalue weighted by atomic mass is 19.1. The molecule has 1 aromatic rings. The number of carbonyl (C=O) groups excluding carboxylic acids is 3. The second kappa shape index (κ2) is 10.2. The van der Waals surface area contributed by atoms with E-state index in [2.05, 4.69) is 10.6 Å². The van der Waals surface area contributed by atoms with Gasteiger partial charge in [-0.3, -0.25) is 14.5 Å². The van der Waals surface area contributed by atoms with Gasteiger partial charge in [0.05, 0.1) is 6.54 Å². The van der Waals surface area contributed by atoms with E-state index in [-0.39, 0.29) is 37.1 Å². The Morgan fingerprint density at radius 2 is 1.69 bits per heavy atom. The minimum Gasteiger partial charge on any atom is -0.444 e. The van der Waals surface area contributed by atoms with Crippen LogP contribution in [0.5, 0.6) is 0 Å². The van der Waals surface area contributed by atoms with E-state index in [9.17, 15) is 18.8 Å². The number of alkyl carbamates (subject to hydrolysis) is 1. The summed E-state index contributed by atoms with van der Waals surface area (Å²) in [5.41, 5.74) is -0.0318. The van der Waals surface area contributed by atoms with E-state index >= 15 is 0 Å². The van der Waals surface area contributed by atoms with Crippen LogP contribution in [-0.2, 0) is 14.3 Å². The maximum atomic E-state index is 12.9. The van der Waals surface area contributed by atoms with E-state index in [1.807, 2.05) is 4.90 Å². The maximum absolute atomic E-state index is 12.9. The summed E-state index contributed by atoms with van der Waals surface area (Å²) >= 11 is 0. The van der Waals surface area contributed by atoms with Crippen LogP contribution in [0.2, 0.25) is 0 Å². The van der Waals surface area contributed by atoms with Crippen LogP contribution in [0.4, 0.5) is 14.9 Å². The van der Waals surface area contributed by atoms with Crippen molar-refractivity contribution in [2.75, 3.05) is 44.6 Å². The van der Waals surface area contributed by atoms with E-state index in [4.69, 9.17) is 4.74 Å². The largest absolute Gasteiger partial charge is 0.444 e. The van der Waals surface area contributed by atoms with Crippen LogP contribution in [-0.4, -0.2) is 72.6 Å². The Morgan fingerprint density at radius 3 is 2.28 bits per heavy atom. The van der Waals surface area contributed by atoms with Crippen molar-refractivity contribution in [1.29, 1.82) is 0 Å². The number of ether oxygens (including phenoxy) is 1. The molecule has 1 saturated heterocycles. The van der Waals surface area contributed by atoms with Crippen LogP contribution in [0.1, 0.15) is 27.2 Å². The summed E-state index contributed by atoms with van der Waals surface area (Å²) < 4.78 is 18.0. The van der Waals surface area contributed by atoms with Crippen molar-refractivity contribution in [3.8, 4) is 0 Å². The molecule has 0 radical (unpaired) electrons. The zero-order chi connectivity index (χ0) is 21.4. The zero-order valence-electron chi connectivity index (χ0n) is 17.2. The first-order valence-electron chi connectivity index (χ1n) is 9.65. The molecule has 0 saturated carbocycles. The number of hydrogen-bond acceptors (Lipinski definition) is 5. The lowest BCUT2D eigenvalue weighted by molar-refractivity contribution is -0.132. The molecular formula is C20H29FN4O4. The number of anilines is 1. The third-order valence-corrected chi connectivity index (χ3v) is 4.23. The van der Waals surface area contributed by atoms with Crippen molar-refractivity contribution in [3.63, 3.8) is 0 Å². The Hall–Kier alpha value is -2.68. The van der Waals surface area contributed by atoms with E-state index in [1.54, 1.807) is 25.7 Å². The van der Waals surface area contributed by atoms with Crippen molar-refractivity contribution in [3.05, 3.63) is 30.1 Å². The van der Waals surface area contributed by atoms with Gasteiger partial charge in [-0.2, -0.15) is 0 Å². The molecule has 9 heteroatoms. The van der Waals surface area contributed by atoms with Gasteiger partial charge in [0, 0.05) is 44.8 Å². The van der Waals surface area contributed by atoms with Gasteiger partial charge in [0.25, 0.3) is 0 Å². The summed E-state index contributed by atoms with van der Waals surface area (Å²) in [5, 5.41) is 5.30. The molecule has 8 nitrogen and oxygen atoms in total. The lowest BCUT2D eigenvalue weighted by Gasteiger charge is -2.34. The fraction of sp³-hybridized carbons (Fsp3) is 0.550. The molecular weight excluding hydrogens is 379 g/mol. The van der Waals surface area contributed by atoms with Crippen molar-refractivity contribution in [1.82, 2.24) is 15.1 Å². The van der Waals surface area contributed by atoms with E-state index in [1.165, 1.54) is 24.3 Å². The summed E-state index contributed by atoms with van der Waals surface area (Å²) in [4.78, 5) is 39.6. The predicted molar refractivity (Wildman–Crippen MR) is 107 cm³/mol. The second-order valence-corrected chi connectivity index (χ2v) is 7.89. The predicted octanol–water partition coefficient (Wildman–Crippen LogP) is 1.82. The molecule has 2 rings (SSSR count). The Balaban J connectivity index is 1.65. The van der Waals surface area contributed by atoms with E-state index in [0.29, 0.717) is 31.9 Å². The molecule has 0 bridgehead atoms. The molecule has 0 spiro atoms. The average molecular weight is 408 g/mol. The molecule has 29 heavy (non-hydrogen) atoms. The number of nitrogens with zero attached hydrogens (tertiary/aromatic N) is 2. The fourth-order valence-electron chi connectivity index (χ4n) is 2.84. The van der Waals surface area contributed by atoms with Gasteiger partial charge in [-0.05, 0) is 45.0 Å². The summed E-state index contributed by atoms with van der Waals surface area (Å²) in [5.74, 6) is -0.584. The lowest BCUT2D eigenvalue weighted by Crippen LogP contribution is -2.50. The van der Waals surface area contributed by atoms with Crippen molar-refractivity contribution in [2.24, 2.45) is 0 Å². The molecule has 1 fully saturated rings. The minimum absolute atomic E-state index is 0.0449. The second-order valence-electron chi connectivity index (χ2n) is 7.89. The molecule has 1 aromatic carbocycles. The third kappa shape index (κ3) is 8.47. The SMILES string of the molecule is CC(C)(C)OC(=O)NCCC(=O)N1CCN(CC(=O)Nc2ccc(F)cc2)CC1. The minimum atomic E-state index is -0.576. The molecule has 1 aliphatic heterocycles. The molecule has 1 aliphatic rings. The Kier molecular flexibility index (Phi) is 7.95. The number of amides is 3. The summed E-state index contributed by atoms with van der Waals surface area (Å²) in [7, 11) is 0. The molecule has 0 unspecified atom stereocenters. The van der Waals surface area contributed by atoms with Crippen LogP contribution in [0.25, 0.3) is 0 Å². The Labute approximate surface area is 170 Å². The van der Waals surface area contributed by atoms with Gasteiger partial charge in [-0.15, -0.1) is 0 Å². The first kappa shape index (κ1) is 22.6. The zero-order valence-corrected chi connectivity index (χ0v) is 17.2. The van der Waals surface area contributed by atoms with E-state index in [0.717, 1.165) is 0 Å². The third-order valence-electron chi connectivity index (χ3n) is 4.23. The monoisotopic (exact) mass is 408 g/mol. The molecule has 160 valence electrons. The summed E-state index contributed by atoms with van der Waals surface area (Å²) in [6.45, 7) is 7.97. The smallest absolute Gasteiger partial charge is 0.407 e. The molecule has 3 amide bonds. The highest BCUT2D eigenvalue weighted by Gasteiger charge is 2.22. The summed E-state index contributed by atoms with van der Waals surface area (Å²) in [6, 6.07) is 5.60. The number of rotatable bonds is 6. The number of benzene rings is 1. The highest BCUT2D eigenvalue weighted by molar-refractivity contribution is 5.92. The molecule has 1 heterocycles. The van der Waals surface area contributed by atoms with Crippen molar-refractivity contribution < 1.29 is 23.5 Å². The van der Waals surface area contributed by atoms with Gasteiger partial charge in [0.1, 0.15) is 11.4 Å². The number of nitrogens with one attached hydrogen (secondary N) is 2. The van der Waals surface area contributed by atoms with Crippen molar-refractivity contribution >= 4 is 23.6 Å². The topological polar surface area (TPSA) is 91.0 Å². The van der Waals surface area contributed by atoms with Crippen LogP contribution < -0.4 is 10.6 Å². The van der Waals surface area contributed by atoms with Gasteiger partial charge in [0.15, 0.2) is 0 Å². The van der Waals surface area contributed by atoms with Gasteiger partial charge < -0.3 is 20.3 Å². The normalized spacial score (nSPS) is 15.0. The van der Waals surface area contributed by atoms with Crippen LogP contribution in [0.15, 0.2) is 24.3 Å². The average Bonchev–Trinajstić information content (AvgIpc) is 2.62. The Morgan fingerprint density at radius 1 is 1.07 bits per heavy atom. The van der Waals surface area contributed by atoms with Gasteiger partial charge in [-0.1, -0.05) is 0 Å². The van der Waals surface area contributed by atoms with Crippen LogP contribution in [0, 0.1) is 5.82 Å². The lowest BCUT2D eigenvalue weighted by atomic mass is 10.2. The number of halogens is 1. The van der Waals surface area contributed by atoms with Crippen LogP contribution in [0.3, 0.4) is 0 Å². The van der Waals surface area contributed by atoms with E-state index < -0.39 is 11.7 Å². The molecule has 0 atom stereocenters. The first-order chi connectivity index (χ1) is 13.6. The summed E-state index contributed by atoms with van der Waals surface area (Å²) in [6.07, 6.45) is -0.341. The molecule has 2 N–H and O–H groups in total. The number of piperazine rings is 1.